The SMILES string of the molecule is CC(C(=O)NC(Cc1cc(F)cc(F)c1)C(O)CNCc1cccc(I)c1)c1ccc(C(=O)c2cccs2)cc1. The highest BCUT2D eigenvalue weighted by Crippen LogP contribution is 2.21. The Labute approximate surface area is 249 Å². The molecule has 0 aliphatic rings. The Morgan fingerprint density at radius 1 is 0.950 bits per heavy atom. The molecule has 5 nitrogen and oxygen atoms in total. The highest BCUT2D eigenvalue weighted by molar-refractivity contribution is 14.1. The van der Waals surface area contributed by atoms with Gasteiger partial charge in [0.15, 0.2) is 0 Å². The number of nitrogens with one attached hydrogen (secondary N) is 2. The van der Waals surface area contributed by atoms with Crippen LogP contribution < -0.4 is 10.6 Å². The number of carbonyl (C=O) groups excluding carboxylic acids is 2. The lowest BCUT2D eigenvalue weighted by Gasteiger charge is -2.26. The van der Waals surface area contributed by atoms with E-state index in [0.717, 1.165) is 15.2 Å². The largest absolute Gasteiger partial charge is 0.390 e. The highest BCUT2D eigenvalue weighted by atomic mass is 127. The van der Waals surface area contributed by atoms with Crippen molar-refractivity contribution in [3.8, 4) is 0 Å². The Morgan fingerprint density at radius 2 is 1.68 bits per heavy atom. The molecule has 3 N–H and O–H groups in total. The minimum Gasteiger partial charge on any atom is -0.390 e. The summed E-state index contributed by atoms with van der Waals surface area (Å²) in [5.74, 6) is -2.48. The van der Waals surface area contributed by atoms with Crippen molar-refractivity contribution in [2.75, 3.05) is 6.54 Å². The lowest BCUT2D eigenvalue weighted by molar-refractivity contribution is -0.123. The van der Waals surface area contributed by atoms with Gasteiger partial charge < -0.3 is 15.7 Å². The van der Waals surface area contributed by atoms with E-state index in [-0.39, 0.29) is 24.7 Å². The molecule has 9 heteroatoms. The third kappa shape index (κ3) is 8.26. The van der Waals surface area contributed by atoms with Gasteiger partial charge in [-0.25, -0.2) is 8.78 Å². The fraction of sp³-hybridized carbons (Fsp3) is 0.226. The standard InChI is InChI=1S/C31H29F2IN2O3S/c1-19(22-7-9-23(10-8-22)30(38)29-6-3-11-40-29)31(39)36-27(15-21-12-24(32)16-25(33)13-21)28(37)18-35-17-20-4-2-5-26(34)14-20/h2-14,16,19,27-28,35,37H,15,17-18H2,1H3,(H,36,39). The van der Waals surface area contributed by atoms with Gasteiger partial charge in [0.05, 0.1) is 22.9 Å². The molecule has 3 atom stereocenters. The van der Waals surface area contributed by atoms with Crippen molar-refractivity contribution in [2.45, 2.75) is 38.0 Å². The molecule has 0 bridgehead atoms. The van der Waals surface area contributed by atoms with E-state index in [0.29, 0.717) is 28.1 Å². The quantitative estimate of drug-likeness (QED) is 0.130. The lowest BCUT2D eigenvalue weighted by atomic mass is 9.95. The van der Waals surface area contributed by atoms with E-state index in [1.807, 2.05) is 35.7 Å². The van der Waals surface area contributed by atoms with E-state index in [2.05, 4.69) is 33.2 Å². The smallest absolute Gasteiger partial charge is 0.227 e. The Kier molecular flexibility index (Phi) is 10.5. The van der Waals surface area contributed by atoms with Gasteiger partial charge in [0.2, 0.25) is 11.7 Å². The molecule has 0 fully saturated rings. The van der Waals surface area contributed by atoms with Crippen LogP contribution in [0.2, 0.25) is 0 Å². The number of aliphatic hydroxyl groups is 1. The van der Waals surface area contributed by atoms with E-state index in [1.54, 1.807) is 37.3 Å². The maximum Gasteiger partial charge on any atom is 0.227 e. The van der Waals surface area contributed by atoms with Gasteiger partial charge in [0, 0.05) is 28.3 Å². The van der Waals surface area contributed by atoms with Crippen LogP contribution in [0.15, 0.2) is 84.2 Å². The predicted octanol–water partition coefficient (Wildman–Crippen LogP) is 5.84. The van der Waals surface area contributed by atoms with Crippen LogP contribution in [0.4, 0.5) is 8.78 Å². The molecular formula is C31H29F2IN2O3S. The fourth-order valence-electron chi connectivity index (χ4n) is 4.35. The molecule has 1 heterocycles. The summed E-state index contributed by atoms with van der Waals surface area (Å²) in [7, 11) is 0. The molecule has 4 rings (SSSR count). The van der Waals surface area contributed by atoms with Crippen LogP contribution in [-0.4, -0.2) is 35.5 Å². The molecule has 0 aliphatic carbocycles. The third-order valence-electron chi connectivity index (χ3n) is 6.55. The minimum absolute atomic E-state index is 0.0352. The zero-order chi connectivity index (χ0) is 28.6. The summed E-state index contributed by atoms with van der Waals surface area (Å²) < 4.78 is 28.8. The van der Waals surface area contributed by atoms with Crippen LogP contribution in [0.1, 0.15) is 44.8 Å². The summed E-state index contributed by atoms with van der Waals surface area (Å²) in [5.41, 5.74) is 2.59. The number of hydrogen-bond donors (Lipinski definition) is 3. The first-order valence-electron chi connectivity index (χ1n) is 12.8. The second-order valence-corrected chi connectivity index (χ2v) is 11.8. The third-order valence-corrected chi connectivity index (χ3v) is 8.09. The van der Waals surface area contributed by atoms with Gasteiger partial charge in [0.1, 0.15) is 11.6 Å². The molecule has 3 aromatic carbocycles. The summed E-state index contributed by atoms with van der Waals surface area (Å²) in [6, 6.07) is 20.7. The first kappa shape index (κ1) is 30.0. The van der Waals surface area contributed by atoms with E-state index >= 15 is 0 Å². The molecule has 4 aromatic rings. The van der Waals surface area contributed by atoms with Crippen molar-refractivity contribution >= 4 is 45.6 Å². The second kappa shape index (κ2) is 14.1. The van der Waals surface area contributed by atoms with Crippen LogP contribution in [0, 0.1) is 15.2 Å². The number of ketones is 1. The molecule has 0 spiro atoms. The second-order valence-electron chi connectivity index (χ2n) is 9.58. The topological polar surface area (TPSA) is 78.4 Å². The van der Waals surface area contributed by atoms with Crippen molar-refractivity contribution in [3.63, 3.8) is 0 Å². The average Bonchev–Trinajstić information content (AvgIpc) is 3.46. The number of thiophene rings is 1. The molecule has 3 unspecified atom stereocenters. The van der Waals surface area contributed by atoms with Crippen LogP contribution in [-0.2, 0) is 17.8 Å². The zero-order valence-corrected chi connectivity index (χ0v) is 24.7. The number of hydrogen-bond acceptors (Lipinski definition) is 5. The van der Waals surface area contributed by atoms with Crippen molar-refractivity contribution in [1.82, 2.24) is 10.6 Å². The number of halogens is 3. The van der Waals surface area contributed by atoms with Gasteiger partial charge in [-0.3, -0.25) is 9.59 Å². The zero-order valence-electron chi connectivity index (χ0n) is 21.7. The normalized spacial score (nSPS) is 13.4. The first-order chi connectivity index (χ1) is 19.2. The van der Waals surface area contributed by atoms with Crippen molar-refractivity contribution in [2.24, 2.45) is 0 Å². The molecule has 40 heavy (non-hydrogen) atoms. The van der Waals surface area contributed by atoms with E-state index in [4.69, 9.17) is 0 Å². The van der Waals surface area contributed by atoms with Crippen LogP contribution in [0.25, 0.3) is 0 Å². The van der Waals surface area contributed by atoms with Gasteiger partial charge in [-0.2, -0.15) is 0 Å². The molecule has 0 radical (unpaired) electrons. The van der Waals surface area contributed by atoms with Crippen molar-refractivity contribution < 1.29 is 23.5 Å². The number of benzene rings is 3. The highest BCUT2D eigenvalue weighted by Gasteiger charge is 2.25. The van der Waals surface area contributed by atoms with Crippen molar-refractivity contribution in [1.29, 1.82) is 0 Å². The Bertz CT molecular complexity index is 1430. The maximum atomic E-state index is 13.9. The van der Waals surface area contributed by atoms with E-state index in [9.17, 15) is 23.5 Å². The minimum atomic E-state index is -1.03. The molecule has 208 valence electrons. The van der Waals surface area contributed by atoms with Crippen LogP contribution in [0.5, 0.6) is 0 Å². The van der Waals surface area contributed by atoms with Gasteiger partial charge in [0.25, 0.3) is 0 Å². The molecule has 0 saturated carbocycles. The molecule has 0 aliphatic heterocycles. The van der Waals surface area contributed by atoms with Gasteiger partial charge in [-0.1, -0.05) is 42.5 Å². The average molecular weight is 675 g/mol. The number of amides is 1. The monoisotopic (exact) mass is 674 g/mol. The maximum absolute atomic E-state index is 13.9. The summed E-state index contributed by atoms with van der Waals surface area (Å²) in [6.45, 7) is 2.39. The Hall–Kier alpha value is -2.99. The number of aliphatic hydroxyl groups excluding tert-OH is 1. The number of carbonyl (C=O) groups is 2. The van der Waals surface area contributed by atoms with Crippen LogP contribution >= 0.6 is 33.9 Å². The molecule has 0 saturated heterocycles. The van der Waals surface area contributed by atoms with E-state index < -0.39 is 29.7 Å². The Balaban J connectivity index is 1.44. The van der Waals surface area contributed by atoms with Gasteiger partial charge >= 0.3 is 0 Å². The molecule has 1 aromatic heterocycles. The summed E-state index contributed by atoms with van der Waals surface area (Å²) in [4.78, 5) is 26.5. The lowest BCUT2D eigenvalue weighted by Crippen LogP contribution is -2.49. The van der Waals surface area contributed by atoms with Crippen LogP contribution in [0.3, 0.4) is 0 Å². The van der Waals surface area contributed by atoms with Gasteiger partial charge in [-0.05, 0) is 88.3 Å². The summed E-state index contributed by atoms with van der Waals surface area (Å²) in [5, 5.41) is 18.9. The predicted molar refractivity (Wildman–Crippen MR) is 161 cm³/mol. The van der Waals surface area contributed by atoms with E-state index in [1.165, 1.54) is 23.5 Å². The Morgan fingerprint density at radius 3 is 2.33 bits per heavy atom. The summed E-state index contributed by atoms with van der Waals surface area (Å²) in [6.07, 6.45) is -0.996. The molecule has 1 amide bonds. The summed E-state index contributed by atoms with van der Waals surface area (Å²) >= 11 is 3.60. The number of rotatable bonds is 12. The molecular weight excluding hydrogens is 645 g/mol. The van der Waals surface area contributed by atoms with Crippen molar-refractivity contribution in [3.05, 3.63) is 127 Å². The fourth-order valence-corrected chi connectivity index (χ4v) is 5.65. The first-order valence-corrected chi connectivity index (χ1v) is 14.7. The van der Waals surface area contributed by atoms with Gasteiger partial charge in [-0.15, -0.1) is 11.3 Å².